The normalized spacial score (nSPS) is 21.4. The molecule has 1 aliphatic heterocycles. The lowest BCUT2D eigenvalue weighted by atomic mass is 9.49. The molecule has 0 spiro atoms. The molecule has 12 aromatic carbocycles. The summed E-state index contributed by atoms with van der Waals surface area (Å²) < 4.78 is 0. The summed E-state index contributed by atoms with van der Waals surface area (Å²) in [5.74, 6) is 2.81. The van der Waals surface area contributed by atoms with Gasteiger partial charge in [0, 0.05) is 195 Å². The fourth-order valence-corrected chi connectivity index (χ4v) is 20.1. The molecule has 4 aliphatic rings. The van der Waals surface area contributed by atoms with E-state index in [9.17, 15) is 0 Å². The van der Waals surface area contributed by atoms with Crippen molar-refractivity contribution in [1.29, 1.82) is 0 Å². The van der Waals surface area contributed by atoms with Crippen LogP contribution in [0.5, 0.6) is 0 Å². The molecule has 3 aliphatic carbocycles. The molecule has 12 aromatic rings. The summed E-state index contributed by atoms with van der Waals surface area (Å²) in [4.78, 5) is 27.7. The Kier molecular flexibility index (Phi) is 22.4. The van der Waals surface area contributed by atoms with E-state index in [0.29, 0.717) is 20.0 Å². The minimum absolute atomic E-state index is 0.214. The quantitative estimate of drug-likeness (QED) is 0.0579. The second kappa shape index (κ2) is 33.1. The van der Waals surface area contributed by atoms with Gasteiger partial charge in [-0.2, -0.15) is 0 Å². The van der Waals surface area contributed by atoms with E-state index in [1.165, 1.54) is 135 Å². The standard InChI is InChI=1S/C105H120N12/c1-106(2)82-43-19-70(20-44-82)94-97(73-25-49-85(50-26-73)109(7)8)103(98(94)74-27-51-86(52-28-74)110(9)10)79-37-61-91(62-38-79)115-67-116(92-63-39-80(40-64-92)104-99(75-29-53-87(54-30-75)111(11)12)95(71-21-45-83(46-22-71)107(3)4)100(104)76-31-55-88(56-32-76)112(13)14)69-117(68-115)93-65-41-81(42-66-93)105-101(77-33-57-89(58-34-77)113(15)16)96(72-23-47-84(48-24-72)108(5)6)102(105)78-35-59-90(60-36-78)114(17)18/h19-66,94-105H,67-69H2,1-18H3. The summed E-state index contributed by atoms with van der Waals surface area (Å²) in [6, 6.07) is 114. The highest BCUT2D eigenvalue weighted by Gasteiger charge is 2.56. The Balaban J connectivity index is 0.790. The van der Waals surface area contributed by atoms with Gasteiger partial charge in [-0.1, -0.05) is 146 Å². The van der Waals surface area contributed by atoms with Crippen molar-refractivity contribution in [1.82, 2.24) is 0 Å². The lowest BCUT2D eigenvalue weighted by Gasteiger charge is -2.54. The van der Waals surface area contributed by atoms with Gasteiger partial charge in [0.1, 0.15) is 0 Å². The van der Waals surface area contributed by atoms with Crippen LogP contribution in [0.4, 0.5) is 68.2 Å². The Bertz CT molecular complexity index is 4560. The summed E-state index contributed by atoms with van der Waals surface area (Å²) >= 11 is 0. The maximum absolute atomic E-state index is 2.61. The molecule has 3 saturated carbocycles. The zero-order chi connectivity index (χ0) is 81.8. The van der Waals surface area contributed by atoms with E-state index < -0.39 is 0 Å². The van der Waals surface area contributed by atoms with E-state index in [1.54, 1.807) is 0 Å². The molecule has 16 rings (SSSR count). The third kappa shape index (κ3) is 15.6. The highest BCUT2D eigenvalue weighted by molar-refractivity contribution is 5.66. The Hall–Kier alpha value is -11.8. The fourth-order valence-electron chi connectivity index (χ4n) is 20.1. The van der Waals surface area contributed by atoms with E-state index in [0.717, 1.165) is 0 Å². The second-order valence-corrected chi connectivity index (χ2v) is 35.5. The highest BCUT2D eigenvalue weighted by Crippen LogP contribution is 2.70. The number of hydrogen-bond donors (Lipinski definition) is 0. The Labute approximate surface area is 698 Å². The molecule has 600 valence electrons. The number of benzene rings is 12. The van der Waals surface area contributed by atoms with Crippen molar-refractivity contribution in [2.45, 2.75) is 71.0 Å². The van der Waals surface area contributed by atoms with E-state index in [4.69, 9.17) is 0 Å². The summed E-state index contributed by atoms with van der Waals surface area (Å²) in [5, 5.41) is 0. The SMILES string of the molecule is CN(C)c1ccc(C2C(c3ccc(N(C)C)cc3)C(c3ccc(N4CN(c5ccc(C6C(c7ccc(N(C)C)cc7)C(c7ccc(N(C)C)cc7)C6c6ccc(N(C)C)cc6)cc5)CN(c5ccc(C6C(c7ccc(N(C)C)cc7)C(c7ccc(N(C)C)cc7)C6c6ccc(N(C)C)cc6)cc5)C4)cc3)C2c2ccc(N(C)C)cc2)cc1. The van der Waals surface area contributed by atoms with Gasteiger partial charge in [0.05, 0.1) is 20.0 Å². The van der Waals surface area contributed by atoms with Crippen LogP contribution in [0.15, 0.2) is 291 Å². The lowest BCUT2D eigenvalue weighted by Crippen LogP contribution is -2.55. The van der Waals surface area contributed by atoms with Crippen molar-refractivity contribution < 1.29 is 0 Å². The predicted octanol–water partition coefficient (Wildman–Crippen LogP) is 21.3. The minimum Gasteiger partial charge on any atom is -0.378 e. The molecule has 0 amide bonds. The molecule has 1 saturated heterocycles. The Morgan fingerprint density at radius 1 is 0.137 bits per heavy atom. The van der Waals surface area contributed by atoms with Crippen molar-refractivity contribution in [2.24, 2.45) is 0 Å². The first kappa shape index (κ1) is 79.1. The topological polar surface area (TPSA) is 38.9 Å². The van der Waals surface area contributed by atoms with Crippen LogP contribution >= 0.6 is 0 Å². The van der Waals surface area contributed by atoms with Gasteiger partial charge in [0.2, 0.25) is 0 Å². The Morgan fingerprint density at radius 2 is 0.222 bits per heavy atom. The summed E-state index contributed by atoms with van der Waals surface area (Å²) in [5.41, 5.74) is 31.0. The average Bonchev–Trinajstić information content (AvgIpc) is 0.723. The van der Waals surface area contributed by atoms with Gasteiger partial charge in [-0.15, -0.1) is 0 Å². The number of anilines is 12. The van der Waals surface area contributed by atoms with Gasteiger partial charge in [0.25, 0.3) is 0 Å². The molecule has 12 heteroatoms. The van der Waals surface area contributed by atoms with Crippen LogP contribution in [0.2, 0.25) is 0 Å². The van der Waals surface area contributed by atoms with Gasteiger partial charge in [0.15, 0.2) is 0 Å². The van der Waals surface area contributed by atoms with Crippen LogP contribution < -0.4 is 58.8 Å². The first-order valence-corrected chi connectivity index (χ1v) is 42.0. The smallest absolute Gasteiger partial charge is 0.0937 e. The van der Waals surface area contributed by atoms with Crippen molar-refractivity contribution in [3.8, 4) is 0 Å². The van der Waals surface area contributed by atoms with Crippen molar-refractivity contribution in [2.75, 3.05) is 206 Å². The van der Waals surface area contributed by atoms with Gasteiger partial charge < -0.3 is 58.8 Å². The van der Waals surface area contributed by atoms with Gasteiger partial charge in [-0.05, 0) is 283 Å². The molecule has 6 atom stereocenters. The van der Waals surface area contributed by atoms with Crippen LogP contribution in [-0.2, 0) is 0 Å². The van der Waals surface area contributed by atoms with Crippen molar-refractivity contribution in [3.05, 3.63) is 358 Å². The van der Waals surface area contributed by atoms with Gasteiger partial charge in [-0.3, -0.25) is 0 Å². The zero-order valence-corrected chi connectivity index (χ0v) is 72.1. The fraction of sp³-hybridized carbons (Fsp3) is 0.314. The number of hydrogen-bond acceptors (Lipinski definition) is 12. The van der Waals surface area contributed by atoms with Gasteiger partial charge in [-0.25, -0.2) is 0 Å². The maximum atomic E-state index is 2.61. The van der Waals surface area contributed by atoms with Crippen LogP contribution in [0.3, 0.4) is 0 Å². The van der Waals surface area contributed by atoms with E-state index in [2.05, 4.69) is 477 Å². The molecular weight excluding hydrogens is 1430 g/mol. The third-order valence-electron chi connectivity index (χ3n) is 26.7. The van der Waals surface area contributed by atoms with Crippen molar-refractivity contribution >= 4 is 68.2 Å². The minimum atomic E-state index is 0.214. The molecule has 0 radical (unpaired) electrons. The predicted molar refractivity (Wildman–Crippen MR) is 501 cm³/mol. The van der Waals surface area contributed by atoms with Crippen LogP contribution in [0.1, 0.15) is 138 Å². The average molecular weight is 1550 g/mol. The monoisotopic (exact) mass is 1550 g/mol. The summed E-state index contributed by atoms with van der Waals surface area (Å²) in [7, 11) is 38.5. The molecule has 0 aromatic heterocycles. The van der Waals surface area contributed by atoms with Crippen molar-refractivity contribution in [3.63, 3.8) is 0 Å². The molecule has 4 fully saturated rings. The van der Waals surface area contributed by atoms with Crippen LogP contribution in [0.25, 0.3) is 0 Å². The van der Waals surface area contributed by atoms with E-state index in [-0.39, 0.29) is 71.0 Å². The zero-order valence-electron chi connectivity index (χ0n) is 72.1. The molecule has 0 N–H and O–H groups in total. The molecular formula is C105H120N12. The lowest BCUT2D eigenvalue weighted by molar-refractivity contribution is 0.229. The van der Waals surface area contributed by atoms with E-state index >= 15 is 0 Å². The van der Waals surface area contributed by atoms with Gasteiger partial charge >= 0.3 is 0 Å². The highest BCUT2D eigenvalue weighted by atomic mass is 15.5. The summed E-state index contributed by atoms with van der Waals surface area (Å²) in [6.45, 7) is 2.13. The number of nitrogens with zero attached hydrogens (tertiary/aromatic N) is 12. The molecule has 0 bridgehead atoms. The number of rotatable bonds is 24. The summed E-state index contributed by atoms with van der Waals surface area (Å²) in [6.07, 6.45) is 0. The molecule has 117 heavy (non-hydrogen) atoms. The molecule has 6 unspecified atom stereocenters. The van der Waals surface area contributed by atoms with Crippen LogP contribution in [-0.4, -0.2) is 147 Å². The van der Waals surface area contributed by atoms with Crippen LogP contribution in [0, 0.1) is 0 Å². The first-order chi connectivity index (χ1) is 56.4. The maximum Gasteiger partial charge on any atom is 0.0937 e. The van der Waals surface area contributed by atoms with E-state index in [1.807, 2.05) is 0 Å². The molecule has 12 nitrogen and oxygen atoms in total. The Morgan fingerprint density at radius 3 is 0.308 bits per heavy atom. The largest absolute Gasteiger partial charge is 0.378 e. The molecule has 1 heterocycles. The third-order valence-corrected chi connectivity index (χ3v) is 26.7. The second-order valence-electron chi connectivity index (χ2n) is 35.5. The first-order valence-electron chi connectivity index (χ1n) is 42.0.